The molecular weight excluding hydrogens is 384 g/mol. The van der Waals surface area contributed by atoms with Crippen LogP contribution >= 0.6 is 0 Å². The van der Waals surface area contributed by atoms with Gasteiger partial charge in [0.2, 0.25) is 0 Å². The van der Waals surface area contributed by atoms with Crippen LogP contribution in [0.1, 0.15) is 17.5 Å². The number of nitrogens with zero attached hydrogens (tertiary/aromatic N) is 2. The van der Waals surface area contributed by atoms with E-state index in [9.17, 15) is 40.0 Å². The van der Waals surface area contributed by atoms with Crippen LogP contribution < -0.4 is 0 Å². The number of rotatable bonds is 8. The van der Waals surface area contributed by atoms with E-state index in [0.29, 0.717) is 0 Å². The van der Waals surface area contributed by atoms with Crippen LogP contribution in [-0.2, 0) is 9.59 Å². The molecule has 2 N–H and O–H groups in total. The van der Waals surface area contributed by atoms with Crippen LogP contribution in [0.4, 0.5) is 11.4 Å². The van der Waals surface area contributed by atoms with E-state index >= 15 is 0 Å². The summed E-state index contributed by atoms with van der Waals surface area (Å²) in [6, 6.07) is 6.62. The highest BCUT2D eigenvalue weighted by molar-refractivity contribution is 6.11. The molecule has 29 heavy (non-hydrogen) atoms. The van der Waals surface area contributed by atoms with Crippen LogP contribution in [0.3, 0.4) is 0 Å². The van der Waals surface area contributed by atoms with Crippen molar-refractivity contribution in [2.75, 3.05) is 0 Å². The van der Waals surface area contributed by atoms with Gasteiger partial charge in [0.25, 0.3) is 11.4 Å². The number of carbonyl (C=O) groups is 2. The molecule has 10 nitrogen and oxygen atoms in total. The minimum absolute atomic E-state index is 0.0123. The van der Waals surface area contributed by atoms with E-state index in [0.717, 1.165) is 60.7 Å². The second kappa shape index (κ2) is 9.04. The molecule has 0 aromatic heterocycles. The molecule has 0 saturated carbocycles. The van der Waals surface area contributed by atoms with Gasteiger partial charge < -0.3 is 10.2 Å². The number of hydrogen-bond donors (Lipinski definition) is 2. The minimum atomic E-state index is -0.681. The van der Waals surface area contributed by atoms with Crippen LogP contribution in [0.5, 0.6) is 11.5 Å². The van der Waals surface area contributed by atoms with Gasteiger partial charge in [0.05, 0.1) is 27.4 Å². The average molecular weight is 398 g/mol. The first-order chi connectivity index (χ1) is 13.7. The summed E-state index contributed by atoms with van der Waals surface area (Å²) < 4.78 is 0. The van der Waals surface area contributed by atoms with Gasteiger partial charge in [-0.05, 0) is 48.6 Å². The zero-order valence-corrected chi connectivity index (χ0v) is 14.7. The zero-order chi connectivity index (χ0) is 21.6. The van der Waals surface area contributed by atoms with Gasteiger partial charge in [-0.15, -0.1) is 0 Å². The zero-order valence-electron chi connectivity index (χ0n) is 14.7. The van der Waals surface area contributed by atoms with Gasteiger partial charge in [-0.25, -0.2) is 0 Å². The topological polar surface area (TPSA) is 161 Å². The molecule has 0 unspecified atom stereocenters. The molecule has 0 spiro atoms. The van der Waals surface area contributed by atoms with Gasteiger partial charge in [-0.1, -0.05) is 0 Å². The van der Waals surface area contributed by atoms with Crippen molar-refractivity contribution in [1.29, 1.82) is 0 Å². The monoisotopic (exact) mass is 398 g/mol. The lowest BCUT2D eigenvalue weighted by Gasteiger charge is -1.99. The number of nitro groups is 2. The Kier molecular flexibility index (Phi) is 6.54. The van der Waals surface area contributed by atoms with Crippen LogP contribution in [0.25, 0.3) is 12.2 Å². The highest BCUT2D eigenvalue weighted by Crippen LogP contribution is 2.25. The number of hydrogen-bond acceptors (Lipinski definition) is 8. The Morgan fingerprint density at radius 2 is 1.17 bits per heavy atom. The van der Waals surface area contributed by atoms with Crippen molar-refractivity contribution in [2.45, 2.75) is 6.42 Å². The van der Waals surface area contributed by atoms with Crippen molar-refractivity contribution in [1.82, 2.24) is 0 Å². The predicted molar refractivity (Wildman–Crippen MR) is 102 cm³/mol. The van der Waals surface area contributed by atoms with Crippen LogP contribution in [0, 0.1) is 20.2 Å². The molecule has 2 rings (SSSR count). The Labute approximate surface area is 163 Å². The maximum Gasteiger partial charge on any atom is 0.276 e. The highest BCUT2D eigenvalue weighted by atomic mass is 16.6. The Bertz CT molecular complexity index is 973. The van der Waals surface area contributed by atoms with E-state index in [1.165, 1.54) is 0 Å². The second-order valence-corrected chi connectivity index (χ2v) is 5.78. The van der Waals surface area contributed by atoms with Crippen LogP contribution in [0.2, 0.25) is 0 Å². The molecule has 0 radical (unpaired) electrons. The molecule has 0 fully saturated rings. The molecule has 0 aliphatic rings. The van der Waals surface area contributed by atoms with Gasteiger partial charge in [0.1, 0.15) is 11.5 Å². The molecule has 0 heterocycles. The third kappa shape index (κ3) is 5.82. The van der Waals surface area contributed by atoms with Gasteiger partial charge in [-0.3, -0.25) is 29.8 Å². The van der Waals surface area contributed by atoms with E-state index in [1.807, 2.05) is 0 Å². The fraction of sp³-hybridized carbons (Fsp3) is 0.0526. The minimum Gasteiger partial charge on any atom is -0.508 e. The molecule has 0 amide bonds. The Hall–Kier alpha value is -4.34. The summed E-state index contributed by atoms with van der Waals surface area (Å²) >= 11 is 0. The summed E-state index contributed by atoms with van der Waals surface area (Å²) in [6.45, 7) is 0. The van der Waals surface area contributed by atoms with Crippen molar-refractivity contribution in [3.8, 4) is 11.5 Å². The summed E-state index contributed by atoms with van der Waals surface area (Å²) in [5, 5.41) is 40.7. The third-order valence-corrected chi connectivity index (χ3v) is 3.66. The number of phenolic OH excluding ortho intramolecular Hbond substituents is 2. The first-order valence-corrected chi connectivity index (χ1v) is 8.04. The van der Waals surface area contributed by atoms with E-state index in [1.54, 1.807) is 0 Å². The quantitative estimate of drug-likeness (QED) is 0.296. The molecule has 0 atom stereocenters. The maximum atomic E-state index is 11.9. The van der Waals surface area contributed by atoms with Gasteiger partial charge in [0, 0.05) is 12.1 Å². The highest BCUT2D eigenvalue weighted by Gasteiger charge is 2.14. The van der Waals surface area contributed by atoms with E-state index < -0.39 is 27.8 Å². The molecular formula is C19H14N2O8. The molecule has 2 aromatic rings. The normalized spacial score (nSPS) is 11.0. The molecule has 0 aliphatic carbocycles. The van der Waals surface area contributed by atoms with Crippen molar-refractivity contribution in [3.05, 3.63) is 79.9 Å². The summed E-state index contributed by atoms with van der Waals surface area (Å²) in [7, 11) is 0. The predicted octanol–water partition coefficient (Wildman–Crippen LogP) is 3.17. The van der Waals surface area contributed by atoms with Crippen LogP contribution in [0.15, 0.2) is 48.6 Å². The number of carbonyl (C=O) groups excluding carboxylic acids is 2. The molecule has 2 aromatic carbocycles. The van der Waals surface area contributed by atoms with Crippen molar-refractivity contribution < 1.29 is 29.6 Å². The van der Waals surface area contributed by atoms with E-state index in [-0.39, 0.29) is 34.0 Å². The molecule has 10 heteroatoms. The number of phenols is 2. The Morgan fingerprint density at radius 1 is 0.793 bits per heavy atom. The first kappa shape index (κ1) is 21.0. The second-order valence-electron chi connectivity index (χ2n) is 5.78. The van der Waals surface area contributed by atoms with Gasteiger partial charge >= 0.3 is 0 Å². The summed E-state index contributed by atoms with van der Waals surface area (Å²) in [5.74, 6) is -1.78. The maximum absolute atomic E-state index is 11.9. The Morgan fingerprint density at radius 3 is 1.52 bits per heavy atom. The molecule has 0 saturated heterocycles. The number of allylic oxidation sites excluding steroid dienone is 2. The summed E-state index contributed by atoms with van der Waals surface area (Å²) in [6.07, 6.45) is 3.56. The number of ketones is 2. The van der Waals surface area contributed by atoms with Crippen LogP contribution in [-0.4, -0.2) is 31.6 Å². The van der Waals surface area contributed by atoms with E-state index in [4.69, 9.17) is 0 Å². The van der Waals surface area contributed by atoms with Crippen molar-refractivity contribution in [2.24, 2.45) is 0 Å². The molecule has 0 bridgehead atoms. The first-order valence-electron chi connectivity index (χ1n) is 8.04. The average Bonchev–Trinajstić information content (AvgIpc) is 2.64. The smallest absolute Gasteiger partial charge is 0.276 e. The number of nitro benzene ring substituents is 2. The fourth-order valence-corrected chi connectivity index (χ4v) is 2.34. The van der Waals surface area contributed by atoms with Gasteiger partial charge in [0.15, 0.2) is 11.6 Å². The SMILES string of the molecule is O=C(C=Cc1cc(O)ccc1[N+](=O)[O-])CC(=O)C=Cc1cc(O)ccc1[N+](=O)[O-]. The largest absolute Gasteiger partial charge is 0.508 e. The number of benzene rings is 2. The number of aromatic hydroxyl groups is 2. The van der Waals surface area contributed by atoms with Crippen molar-refractivity contribution in [3.63, 3.8) is 0 Å². The third-order valence-electron chi connectivity index (χ3n) is 3.66. The summed E-state index contributed by atoms with van der Waals surface area (Å²) in [4.78, 5) is 44.4. The van der Waals surface area contributed by atoms with Gasteiger partial charge in [-0.2, -0.15) is 0 Å². The lowest BCUT2D eigenvalue weighted by atomic mass is 10.1. The summed E-state index contributed by atoms with van der Waals surface area (Å²) in [5.41, 5.74) is -0.674. The standard InChI is InChI=1S/C19H14N2O8/c22-14-5-7-18(20(26)27)12(9-14)1-3-16(24)11-17(25)4-2-13-10-15(23)6-8-19(13)21(28)29/h1-10,22-23H,11H2. The van der Waals surface area contributed by atoms with Crippen molar-refractivity contribution >= 4 is 35.1 Å². The fourth-order valence-electron chi connectivity index (χ4n) is 2.34. The van der Waals surface area contributed by atoms with E-state index in [2.05, 4.69) is 0 Å². The molecule has 0 aliphatic heterocycles. The lowest BCUT2D eigenvalue weighted by Crippen LogP contribution is -2.02. The molecule has 148 valence electrons. The Balaban J connectivity index is 2.10. The lowest BCUT2D eigenvalue weighted by molar-refractivity contribution is -0.385.